The number of carbonyl (C=O) groups excluding carboxylic acids is 3. The molecule has 2 aliphatic rings. The normalized spacial score (nSPS) is 18.7. The van der Waals surface area contributed by atoms with E-state index in [0.29, 0.717) is 6.07 Å². The number of hydrogen-bond acceptors (Lipinski definition) is 6. The maximum absolute atomic E-state index is 14.8. The van der Waals surface area contributed by atoms with Gasteiger partial charge in [0.25, 0.3) is 0 Å². The molecule has 2 heterocycles. The van der Waals surface area contributed by atoms with E-state index in [4.69, 9.17) is 4.74 Å². The highest BCUT2D eigenvalue weighted by Gasteiger charge is 2.52. The number of anilines is 1. The molecular weight excluding hydrogens is 540 g/mol. The van der Waals surface area contributed by atoms with Crippen molar-refractivity contribution in [3.8, 4) is 16.9 Å². The second kappa shape index (κ2) is 9.74. The summed E-state index contributed by atoms with van der Waals surface area (Å²) in [7, 11) is 1.01. The Hall–Kier alpha value is -3.95. The van der Waals surface area contributed by atoms with Crippen LogP contribution in [0.3, 0.4) is 0 Å². The molecule has 8 nitrogen and oxygen atoms in total. The predicted octanol–water partition coefficient (Wildman–Crippen LogP) is 2.91. The van der Waals surface area contributed by atoms with Crippen LogP contribution in [-0.2, 0) is 23.9 Å². The van der Waals surface area contributed by atoms with E-state index in [1.54, 1.807) is 0 Å². The van der Waals surface area contributed by atoms with Gasteiger partial charge in [-0.2, -0.15) is 8.78 Å². The first-order chi connectivity index (χ1) is 17.8. The molecule has 4 rings (SSSR count). The molecule has 0 saturated carbocycles. The van der Waals surface area contributed by atoms with Crippen molar-refractivity contribution in [3.05, 3.63) is 47.0 Å². The summed E-state index contributed by atoms with van der Waals surface area (Å²) in [5, 5.41) is 0. The third kappa shape index (κ3) is 4.37. The number of halogens is 8. The SMILES string of the molecule is COC(=O)[C@@H]1COCCN1C(=O)CN1C(=O)C(F)(F)Oc2cc(F)c(-c3c(F)c(F)c(F)c(F)c3F)cc21. The molecule has 0 aromatic heterocycles. The number of fused-ring (bicyclic) bond motifs is 1. The van der Waals surface area contributed by atoms with Gasteiger partial charge in [0.2, 0.25) is 11.7 Å². The number of morpholine rings is 1. The first-order valence-electron chi connectivity index (χ1n) is 10.5. The van der Waals surface area contributed by atoms with E-state index in [0.717, 1.165) is 12.0 Å². The van der Waals surface area contributed by atoms with Gasteiger partial charge in [-0.3, -0.25) is 14.5 Å². The number of amides is 2. The molecule has 1 saturated heterocycles. The van der Waals surface area contributed by atoms with E-state index in [9.17, 15) is 49.5 Å². The van der Waals surface area contributed by atoms with Crippen LogP contribution in [0, 0.1) is 34.9 Å². The Kier molecular flexibility index (Phi) is 6.94. The fourth-order valence-electron chi connectivity index (χ4n) is 3.93. The van der Waals surface area contributed by atoms with Crippen molar-refractivity contribution in [2.45, 2.75) is 12.2 Å². The van der Waals surface area contributed by atoms with Gasteiger partial charge in [0, 0.05) is 18.2 Å². The van der Waals surface area contributed by atoms with Gasteiger partial charge in [-0.1, -0.05) is 0 Å². The van der Waals surface area contributed by atoms with Gasteiger partial charge in [0.05, 0.1) is 31.6 Å². The molecule has 0 N–H and O–H groups in total. The lowest BCUT2D eigenvalue weighted by Gasteiger charge is -2.37. The summed E-state index contributed by atoms with van der Waals surface area (Å²) in [6, 6.07) is -0.859. The van der Waals surface area contributed by atoms with Gasteiger partial charge in [0.15, 0.2) is 35.1 Å². The summed E-state index contributed by atoms with van der Waals surface area (Å²) in [6.07, 6.45) is -4.64. The molecule has 2 amide bonds. The van der Waals surface area contributed by atoms with Crippen LogP contribution in [0.15, 0.2) is 12.1 Å². The lowest BCUT2D eigenvalue weighted by Crippen LogP contribution is -2.58. The molecule has 0 aliphatic carbocycles. The topological polar surface area (TPSA) is 85.4 Å². The second-order valence-corrected chi connectivity index (χ2v) is 7.96. The largest absolute Gasteiger partial charge is 0.482 e. The standard InChI is InChI=1S/C22H14F8N2O6/c1-36-20(34)11-7-37-3-2-31(11)13(33)6-32-10-4-8(9(23)5-12(10)38-22(29,30)21(32)35)14-15(24)17(26)19(28)18(27)16(14)25/h4-5,11H,2-3,6-7H2,1H3/t11-/m0/s1. The van der Waals surface area contributed by atoms with Crippen molar-refractivity contribution in [1.82, 2.24) is 4.90 Å². The number of methoxy groups -OCH3 is 1. The van der Waals surface area contributed by atoms with Crippen LogP contribution in [-0.4, -0.2) is 68.2 Å². The van der Waals surface area contributed by atoms with Crippen LogP contribution in [0.1, 0.15) is 0 Å². The van der Waals surface area contributed by atoms with E-state index >= 15 is 0 Å². The highest BCUT2D eigenvalue weighted by molar-refractivity contribution is 6.05. The molecule has 0 unspecified atom stereocenters. The summed E-state index contributed by atoms with van der Waals surface area (Å²) in [5.74, 6) is -19.3. The van der Waals surface area contributed by atoms with Crippen LogP contribution in [0.4, 0.5) is 40.8 Å². The average molecular weight is 554 g/mol. The molecule has 16 heteroatoms. The first kappa shape index (κ1) is 27.1. The van der Waals surface area contributed by atoms with Crippen molar-refractivity contribution in [3.63, 3.8) is 0 Å². The van der Waals surface area contributed by atoms with Gasteiger partial charge in [-0.15, -0.1) is 0 Å². The molecule has 1 atom stereocenters. The fourth-order valence-corrected chi connectivity index (χ4v) is 3.93. The molecule has 0 radical (unpaired) electrons. The number of alkyl halides is 2. The Balaban J connectivity index is 1.82. The molecule has 2 aromatic carbocycles. The van der Waals surface area contributed by atoms with Crippen molar-refractivity contribution in [2.75, 3.05) is 38.3 Å². The van der Waals surface area contributed by atoms with E-state index in [-0.39, 0.29) is 30.7 Å². The molecule has 38 heavy (non-hydrogen) atoms. The maximum Gasteiger partial charge on any atom is 0.482 e. The van der Waals surface area contributed by atoms with Crippen molar-refractivity contribution < 1.29 is 63.7 Å². The molecule has 204 valence electrons. The summed E-state index contributed by atoms with van der Waals surface area (Å²) in [4.78, 5) is 38.4. The summed E-state index contributed by atoms with van der Waals surface area (Å²) in [5.41, 5.74) is -3.91. The summed E-state index contributed by atoms with van der Waals surface area (Å²) >= 11 is 0. The van der Waals surface area contributed by atoms with E-state index in [1.807, 2.05) is 0 Å². The van der Waals surface area contributed by atoms with E-state index < -0.39 is 93.9 Å². The summed E-state index contributed by atoms with van der Waals surface area (Å²) < 4.78 is 127. The molecular formula is C22H14F8N2O6. The molecule has 2 aromatic rings. The van der Waals surface area contributed by atoms with Gasteiger partial charge in [-0.25, -0.2) is 31.1 Å². The number of hydrogen-bond donors (Lipinski definition) is 0. The van der Waals surface area contributed by atoms with Crippen LogP contribution in [0.25, 0.3) is 11.1 Å². The van der Waals surface area contributed by atoms with E-state index in [2.05, 4.69) is 9.47 Å². The quantitative estimate of drug-likeness (QED) is 0.250. The van der Waals surface area contributed by atoms with Gasteiger partial charge < -0.3 is 19.1 Å². The number of esters is 1. The zero-order valence-corrected chi connectivity index (χ0v) is 18.9. The number of ether oxygens (including phenoxy) is 3. The lowest BCUT2D eigenvalue weighted by molar-refractivity contribution is -0.193. The number of rotatable bonds is 4. The minimum absolute atomic E-state index is 0.0694. The third-order valence-corrected chi connectivity index (χ3v) is 5.77. The minimum Gasteiger partial charge on any atom is -0.467 e. The Labute approximate surface area is 207 Å². The highest BCUT2D eigenvalue weighted by atomic mass is 19.3. The highest BCUT2D eigenvalue weighted by Crippen LogP contribution is 2.44. The third-order valence-electron chi connectivity index (χ3n) is 5.77. The van der Waals surface area contributed by atoms with Crippen LogP contribution < -0.4 is 9.64 Å². The Morgan fingerprint density at radius 3 is 2.24 bits per heavy atom. The number of nitrogens with zero attached hydrogens (tertiary/aromatic N) is 2. The van der Waals surface area contributed by atoms with Gasteiger partial charge in [-0.05, 0) is 6.07 Å². The predicted molar refractivity (Wildman–Crippen MR) is 108 cm³/mol. The van der Waals surface area contributed by atoms with Crippen molar-refractivity contribution in [1.29, 1.82) is 0 Å². The lowest BCUT2D eigenvalue weighted by atomic mass is 10.0. The van der Waals surface area contributed by atoms with Crippen LogP contribution in [0.5, 0.6) is 5.75 Å². The Morgan fingerprint density at radius 1 is 1.03 bits per heavy atom. The van der Waals surface area contributed by atoms with E-state index in [1.165, 1.54) is 0 Å². The zero-order valence-electron chi connectivity index (χ0n) is 18.9. The Morgan fingerprint density at radius 2 is 1.63 bits per heavy atom. The minimum atomic E-state index is -4.64. The monoisotopic (exact) mass is 554 g/mol. The molecule has 2 aliphatic heterocycles. The summed E-state index contributed by atoms with van der Waals surface area (Å²) in [6.45, 7) is -1.84. The molecule has 0 spiro atoms. The average Bonchev–Trinajstić information content (AvgIpc) is 2.89. The van der Waals surface area contributed by atoms with Crippen LogP contribution in [0.2, 0.25) is 0 Å². The van der Waals surface area contributed by atoms with Crippen molar-refractivity contribution >= 4 is 23.5 Å². The zero-order chi connectivity index (χ0) is 28.1. The number of benzene rings is 2. The van der Waals surface area contributed by atoms with Gasteiger partial charge in [0.1, 0.15) is 12.4 Å². The molecule has 1 fully saturated rings. The van der Waals surface area contributed by atoms with Crippen molar-refractivity contribution in [2.24, 2.45) is 0 Å². The Bertz CT molecular complexity index is 1320. The smallest absolute Gasteiger partial charge is 0.467 e. The second-order valence-electron chi connectivity index (χ2n) is 7.96. The molecule has 0 bridgehead atoms. The van der Waals surface area contributed by atoms with Crippen LogP contribution >= 0.6 is 0 Å². The van der Waals surface area contributed by atoms with Gasteiger partial charge >= 0.3 is 18.0 Å². The number of carbonyl (C=O) groups is 3. The fraction of sp³-hybridized carbons (Fsp3) is 0.318. The maximum atomic E-state index is 14.8. The first-order valence-corrected chi connectivity index (χ1v) is 10.5.